The summed E-state index contributed by atoms with van der Waals surface area (Å²) in [4.78, 5) is 18.4. The van der Waals surface area contributed by atoms with E-state index in [1.54, 1.807) is 6.20 Å². The molecule has 0 unspecified atom stereocenters. The summed E-state index contributed by atoms with van der Waals surface area (Å²) in [6.45, 7) is 8.74. The molecule has 0 aliphatic heterocycles. The fourth-order valence-electron chi connectivity index (χ4n) is 3.36. The van der Waals surface area contributed by atoms with Gasteiger partial charge in [0, 0.05) is 29.5 Å². The molecule has 0 saturated heterocycles. The minimum atomic E-state index is 0.345. The molecule has 130 valence electrons. The summed E-state index contributed by atoms with van der Waals surface area (Å²) in [7, 11) is 0. The van der Waals surface area contributed by atoms with Crippen LogP contribution in [0.3, 0.4) is 0 Å². The van der Waals surface area contributed by atoms with E-state index >= 15 is 0 Å². The maximum Gasteiger partial charge on any atom is 0.159 e. The fraction of sp³-hybridized carbons (Fsp3) is 0.273. The molecule has 0 radical (unpaired) electrons. The fourth-order valence-corrected chi connectivity index (χ4v) is 3.36. The lowest BCUT2D eigenvalue weighted by Gasteiger charge is -2.15. The quantitative estimate of drug-likeness (QED) is 0.494. The first kappa shape index (κ1) is 16.6. The Bertz CT molecular complexity index is 1100. The molecule has 0 aliphatic rings. The third-order valence-electron chi connectivity index (χ3n) is 4.76. The van der Waals surface area contributed by atoms with Gasteiger partial charge in [-0.05, 0) is 53.3 Å². The summed E-state index contributed by atoms with van der Waals surface area (Å²) in [5.41, 5.74) is 7.06. The van der Waals surface area contributed by atoms with Crippen LogP contribution in [0, 0.1) is 0 Å². The lowest BCUT2D eigenvalue weighted by atomic mass is 9.93. The van der Waals surface area contributed by atoms with Gasteiger partial charge in [-0.2, -0.15) is 0 Å². The van der Waals surface area contributed by atoms with Crippen molar-refractivity contribution in [1.29, 1.82) is 0 Å². The zero-order chi connectivity index (χ0) is 18.3. The van der Waals surface area contributed by atoms with Crippen molar-refractivity contribution in [2.45, 2.75) is 39.5 Å². The van der Waals surface area contributed by atoms with Gasteiger partial charge in [-0.1, -0.05) is 27.7 Å². The minimum absolute atomic E-state index is 0.345. The Balaban J connectivity index is 1.95. The molecule has 0 aromatic carbocycles. The molecule has 0 aliphatic carbocycles. The van der Waals surface area contributed by atoms with Gasteiger partial charge >= 0.3 is 0 Å². The van der Waals surface area contributed by atoms with Crippen molar-refractivity contribution < 1.29 is 0 Å². The molecule has 26 heavy (non-hydrogen) atoms. The molecule has 4 heterocycles. The highest BCUT2D eigenvalue weighted by Gasteiger charge is 2.16. The normalized spacial score (nSPS) is 11.8. The second-order valence-corrected chi connectivity index (χ2v) is 7.27. The standard InChI is InChI=1S/C22H22N4/c1-13(2)15-10-20-19(24-11-15)8-7-18(26-20)17-12-25-22-16(6-5-9-23-22)21(17)14(3)4/h5-14H,1-4H3. The maximum atomic E-state index is 4.92. The van der Waals surface area contributed by atoms with Gasteiger partial charge in [0.2, 0.25) is 0 Å². The molecule has 0 bridgehead atoms. The number of nitrogens with zero attached hydrogens (tertiary/aromatic N) is 4. The average Bonchev–Trinajstić information content (AvgIpc) is 2.65. The van der Waals surface area contributed by atoms with Gasteiger partial charge in [-0.15, -0.1) is 0 Å². The number of rotatable bonds is 3. The van der Waals surface area contributed by atoms with Crippen molar-refractivity contribution in [2.24, 2.45) is 0 Å². The Hall–Kier alpha value is -2.88. The zero-order valence-electron chi connectivity index (χ0n) is 15.6. The van der Waals surface area contributed by atoms with Crippen LogP contribution in [0.25, 0.3) is 33.3 Å². The van der Waals surface area contributed by atoms with E-state index in [9.17, 15) is 0 Å². The number of pyridine rings is 4. The second-order valence-electron chi connectivity index (χ2n) is 7.27. The van der Waals surface area contributed by atoms with Crippen LogP contribution in [-0.4, -0.2) is 19.9 Å². The van der Waals surface area contributed by atoms with Crippen molar-refractivity contribution in [2.75, 3.05) is 0 Å². The van der Waals surface area contributed by atoms with Crippen molar-refractivity contribution in [3.05, 3.63) is 60.0 Å². The number of fused-ring (bicyclic) bond motifs is 2. The van der Waals surface area contributed by atoms with Crippen LogP contribution in [0.5, 0.6) is 0 Å². The Morgan fingerprint density at radius 3 is 2.42 bits per heavy atom. The highest BCUT2D eigenvalue weighted by Crippen LogP contribution is 2.33. The van der Waals surface area contributed by atoms with E-state index in [2.05, 4.69) is 54.8 Å². The zero-order valence-corrected chi connectivity index (χ0v) is 15.6. The molecule has 0 amide bonds. The summed E-state index contributed by atoms with van der Waals surface area (Å²) >= 11 is 0. The Labute approximate surface area is 153 Å². The van der Waals surface area contributed by atoms with Gasteiger partial charge in [0.05, 0.1) is 16.7 Å². The van der Waals surface area contributed by atoms with E-state index in [1.807, 2.05) is 30.6 Å². The molecular weight excluding hydrogens is 320 g/mol. The summed E-state index contributed by atoms with van der Waals surface area (Å²) in [5.74, 6) is 0.773. The van der Waals surface area contributed by atoms with Crippen LogP contribution in [0.15, 0.2) is 48.9 Å². The minimum Gasteiger partial charge on any atom is -0.254 e. The molecule has 4 aromatic heterocycles. The number of hydrogen-bond donors (Lipinski definition) is 0. The number of hydrogen-bond acceptors (Lipinski definition) is 4. The smallest absolute Gasteiger partial charge is 0.159 e. The van der Waals surface area contributed by atoms with Crippen molar-refractivity contribution in [1.82, 2.24) is 19.9 Å². The third kappa shape index (κ3) is 2.81. The molecule has 0 N–H and O–H groups in total. The van der Waals surface area contributed by atoms with E-state index in [0.717, 1.165) is 33.3 Å². The van der Waals surface area contributed by atoms with Crippen LogP contribution in [-0.2, 0) is 0 Å². The molecule has 4 rings (SSSR count). The van der Waals surface area contributed by atoms with E-state index in [-0.39, 0.29) is 0 Å². The molecule has 0 saturated carbocycles. The molecule has 0 atom stereocenters. The molecule has 4 aromatic rings. The highest BCUT2D eigenvalue weighted by molar-refractivity contribution is 5.87. The first-order chi connectivity index (χ1) is 12.5. The Morgan fingerprint density at radius 2 is 1.65 bits per heavy atom. The van der Waals surface area contributed by atoms with Gasteiger partial charge in [-0.3, -0.25) is 4.98 Å². The summed E-state index contributed by atoms with van der Waals surface area (Å²) in [6, 6.07) is 10.3. The second kappa shape index (κ2) is 6.45. The Kier molecular flexibility index (Phi) is 4.11. The van der Waals surface area contributed by atoms with Gasteiger partial charge in [0.15, 0.2) is 5.65 Å². The lowest BCUT2D eigenvalue weighted by molar-refractivity contribution is 0.861. The van der Waals surface area contributed by atoms with Crippen LogP contribution in [0.4, 0.5) is 0 Å². The molecular formula is C22H22N4. The number of aromatic nitrogens is 4. The molecule has 4 nitrogen and oxygen atoms in total. The third-order valence-corrected chi connectivity index (χ3v) is 4.76. The van der Waals surface area contributed by atoms with Crippen molar-refractivity contribution in [3.63, 3.8) is 0 Å². The first-order valence-corrected chi connectivity index (χ1v) is 9.05. The SMILES string of the molecule is CC(C)c1cnc2ccc(-c3cnc4ncccc4c3C(C)C)nc2c1. The monoisotopic (exact) mass is 342 g/mol. The van der Waals surface area contributed by atoms with E-state index in [1.165, 1.54) is 11.1 Å². The topological polar surface area (TPSA) is 51.6 Å². The van der Waals surface area contributed by atoms with Crippen LogP contribution in [0.1, 0.15) is 50.7 Å². The van der Waals surface area contributed by atoms with E-state index in [0.29, 0.717) is 11.8 Å². The largest absolute Gasteiger partial charge is 0.254 e. The summed E-state index contributed by atoms with van der Waals surface area (Å²) in [5, 5.41) is 1.09. The van der Waals surface area contributed by atoms with Crippen LogP contribution in [0.2, 0.25) is 0 Å². The van der Waals surface area contributed by atoms with E-state index in [4.69, 9.17) is 4.98 Å². The van der Waals surface area contributed by atoms with Crippen LogP contribution >= 0.6 is 0 Å². The predicted octanol–water partition coefficient (Wildman–Crippen LogP) is 5.49. The van der Waals surface area contributed by atoms with Gasteiger partial charge in [0.1, 0.15) is 0 Å². The molecule has 0 fully saturated rings. The van der Waals surface area contributed by atoms with Crippen molar-refractivity contribution in [3.8, 4) is 11.3 Å². The highest BCUT2D eigenvalue weighted by atomic mass is 14.8. The molecule has 4 heteroatoms. The van der Waals surface area contributed by atoms with Gasteiger partial charge < -0.3 is 0 Å². The summed E-state index contributed by atoms with van der Waals surface area (Å²) < 4.78 is 0. The summed E-state index contributed by atoms with van der Waals surface area (Å²) in [6.07, 6.45) is 5.63. The van der Waals surface area contributed by atoms with Crippen molar-refractivity contribution >= 4 is 22.1 Å². The van der Waals surface area contributed by atoms with E-state index < -0.39 is 0 Å². The van der Waals surface area contributed by atoms with Gasteiger partial charge in [0.25, 0.3) is 0 Å². The lowest BCUT2D eigenvalue weighted by Crippen LogP contribution is -1.99. The Morgan fingerprint density at radius 1 is 0.808 bits per heavy atom. The predicted molar refractivity (Wildman–Crippen MR) is 106 cm³/mol. The van der Waals surface area contributed by atoms with Gasteiger partial charge in [-0.25, -0.2) is 15.0 Å². The maximum absolute atomic E-state index is 4.92. The molecule has 0 spiro atoms. The van der Waals surface area contributed by atoms with Crippen LogP contribution < -0.4 is 0 Å². The average molecular weight is 342 g/mol. The first-order valence-electron chi connectivity index (χ1n) is 9.05.